The van der Waals surface area contributed by atoms with Crippen LogP contribution in [0.4, 0.5) is 0 Å². The average Bonchev–Trinajstić information content (AvgIpc) is 2.74. The van der Waals surface area contributed by atoms with Gasteiger partial charge in [0.15, 0.2) is 6.73 Å². The van der Waals surface area contributed by atoms with Gasteiger partial charge in [0.1, 0.15) is 0 Å². The molecule has 0 aliphatic carbocycles. The van der Waals surface area contributed by atoms with Crippen molar-refractivity contribution in [1.82, 2.24) is 0 Å². The molecule has 3 heteroatoms. The second-order valence-electron chi connectivity index (χ2n) is 9.50. The molecule has 0 fully saturated rings. The van der Waals surface area contributed by atoms with Crippen molar-refractivity contribution in [3.05, 3.63) is 0 Å². The first kappa shape index (κ1) is 32.4. The molecule has 0 aromatic carbocycles. The molecule has 0 spiro atoms. The SMILES string of the molecule is CCCCCCCCCCCCCCOC[N+](CCCC)(CCCC)CCCC.[Cl-]. The van der Waals surface area contributed by atoms with Crippen molar-refractivity contribution in [3.8, 4) is 0 Å². The van der Waals surface area contributed by atoms with Gasteiger partial charge >= 0.3 is 0 Å². The smallest absolute Gasteiger partial charge is 0.183 e. The molecule has 0 atom stereocenters. The van der Waals surface area contributed by atoms with Gasteiger partial charge in [-0.15, -0.1) is 0 Å². The lowest BCUT2D eigenvalue weighted by atomic mass is 10.1. The summed E-state index contributed by atoms with van der Waals surface area (Å²) in [5, 5.41) is 0. The number of hydrogen-bond donors (Lipinski definition) is 0. The highest BCUT2D eigenvalue weighted by atomic mass is 35.5. The van der Waals surface area contributed by atoms with Crippen LogP contribution >= 0.6 is 0 Å². The van der Waals surface area contributed by atoms with Crippen LogP contribution in [0.2, 0.25) is 0 Å². The van der Waals surface area contributed by atoms with Crippen molar-refractivity contribution in [2.75, 3.05) is 33.0 Å². The lowest BCUT2D eigenvalue weighted by Crippen LogP contribution is -3.00. The van der Waals surface area contributed by atoms with E-state index in [0.29, 0.717) is 0 Å². The van der Waals surface area contributed by atoms with E-state index in [1.165, 1.54) is 140 Å². The molecule has 0 rings (SSSR count). The monoisotopic (exact) mass is 447 g/mol. The van der Waals surface area contributed by atoms with Crippen molar-refractivity contribution < 1.29 is 21.6 Å². The van der Waals surface area contributed by atoms with Crippen molar-refractivity contribution in [3.63, 3.8) is 0 Å². The molecule has 0 saturated carbocycles. The van der Waals surface area contributed by atoms with Crippen LogP contribution in [-0.2, 0) is 4.74 Å². The third-order valence-electron chi connectivity index (χ3n) is 6.47. The second kappa shape index (κ2) is 25.5. The van der Waals surface area contributed by atoms with E-state index < -0.39 is 0 Å². The van der Waals surface area contributed by atoms with Crippen molar-refractivity contribution in [2.24, 2.45) is 0 Å². The molecule has 184 valence electrons. The Morgan fingerprint density at radius 1 is 0.433 bits per heavy atom. The van der Waals surface area contributed by atoms with E-state index in [1.807, 2.05) is 0 Å². The molecule has 0 aromatic rings. The quantitative estimate of drug-likeness (QED) is 0.102. The van der Waals surface area contributed by atoms with E-state index in [1.54, 1.807) is 0 Å². The van der Waals surface area contributed by atoms with Crippen molar-refractivity contribution in [2.45, 2.75) is 143 Å². The molecule has 0 bridgehead atoms. The third-order valence-corrected chi connectivity index (χ3v) is 6.47. The van der Waals surface area contributed by atoms with E-state index in [0.717, 1.165) is 13.3 Å². The Hall–Kier alpha value is 0.210. The number of ether oxygens (including phenoxy) is 1. The Morgan fingerprint density at radius 3 is 1.13 bits per heavy atom. The molecule has 0 saturated heterocycles. The van der Waals surface area contributed by atoms with Gasteiger partial charge in [-0.05, 0) is 25.7 Å². The first-order chi connectivity index (χ1) is 14.2. The zero-order valence-corrected chi connectivity index (χ0v) is 22.3. The Labute approximate surface area is 197 Å². The first-order valence-corrected chi connectivity index (χ1v) is 13.7. The maximum Gasteiger partial charge on any atom is 0.183 e. The van der Waals surface area contributed by atoms with Crippen LogP contribution in [0.25, 0.3) is 0 Å². The fourth-order valence-corrected chi connectivity index (χ4v) is 4.31. The number of quaternary nitrogens is 1. The van der Waals surface area contributed by atoms with Gasteiger partial charge in [-0.2, -0.15) is 0 Å². The molecule has 0 N–H and O–H groups in total. The Kier molecular flexibility index (Phi) is 27.5. The summed E-state index contributed by atoms with van der Waals surface area (Å²) in [7, 11) is 0. The molecule has 0 aliphatic rings. The number of unbranched alkanes of at least 4 members (excludes halogenated alkanes) is 14. The minimum absolute atomic E-state index is 0. The topological polar surface area (TPSA) is 9.23 Å². The summed E-state index contributed by atoms with van der Waals surface area (Å²) in [6, 6.07) is 0. The van der Waals surface area contributed by atoms with Crippen LogP contribution in [0.5, 0.6) is 0 Å². The molecule has 0 radical (unpaired) electrons. The van der Waals surface area contributed by atoms with Gasteiger partial charge in [0.2, 0.25) is 0 Å². The van der Waals surface area contributed by atoms with E-state index in [4.69, 9.17) is 4.74 Å². The molecule has 30 heavy (non-hydrogen) atoms. The average molecular weight is 448 g/mol. The van der Waals surface area contributed by atoms with Crippen LogP contribution in [-0.4, -0.2) is 37.5 Å². The van der Waals surface area contributed by atoms with Crippen molar-refractivity contribution >= 4 is 0 Å². The van der Waals surface area contributed by atoms with Crippen LogP contribution < -0.4 is 12.4 Å². The van der Waals surface area contributed by atoms with Crippen LogP contribution in [0.3, 0.4) is 0 Å². The lowest BCUT2D eigenvalue weighted by molar-refractivity contribution is -0.946. The molecule has 0 heterocycles. The highest BCUT2D eigenvalue weighted by Crippen LogP contribution is 2.16. The number of rotatable bonds is 24. The standard InChI is InChI=1S/C27H58NO.ClH/c1-5-9-13-14-15-16-17-18-19-20-21-22-26-29-27-28(23-10-6-2,24-11-7-3)25-12-8-4;/h5-27H2,1-4H3;1H/q+1;/p-1. The molecule has 0 amide bonds. The molecule has 2 nitrogen and oxygen atoms in total. The van der Waals surface area contributed by atoms with E-state index >= 15 is 0 Å². The van der Waals surface area contributed by atoms with Gasteiger partial charge in [-0.3, -0.25) is 0 Å². The number of hydrogen-bond acceptors (Lipinski definition) is 1. The predicted octanol–water partition coefficient (Wildman–Crippen LogP) is 5.88. The molecule has 0 aromatic heterocycles. The minimum atomic E-state index is 0. The highest BCUT2D eigenvalue weighted by molar-refractivity contribution is 4.49. The fourth-order valence-electron chi connectivity index (χ4n) is 4.31. The normalized spacial score (nSPS) is 11.6. The lowest BCUT2D eigenvalue weighted by Gasteiger charge is -2.38. The Bertz CT molecular complexity index is 289. The van der Waals surface area contributed by atoms with E-state index in [9.17, 15) is 0 Å². The Balaban J connectivity index is 0. The summed E-state index contributed by atoms with van der Waals surface area (Å²) in [4.78, 5) is 0. The number of halogens is 1. The van der Waals surface area contributed by atoms with Crippen LogP contribution in [0.15, 0.2) is 0 Å². The number of nitrogens with zero attached hydrogens (tertiary/aromatic N) is 1. The van der Waals surface area contributed by atoms with Gasteiger partial charge in [-0.1, -0.05) is 118 Å². The first-order valence-electron chi connectivity index (χ1n) is 13.7. The summed E-state index contributed by atoms with van der Waals surface area (Å²) in [5.41, 5.74) is 0. The predicted molar refractivity (Wildman–Crippen MR) is 131 cm³/mol. The maximum absolute atomic E-state index is 6.25. The van der Waals surface area contributed by atoms with E-state index in [-0.39, 0.29) is 12.4 Å². The van der Waals surface area contributed by atoms with Crippen LogP contribution in [0, 0.1) is 0 Å². The fraction of sp³-hybridized carbons (Fsp3) is 1.00. The summed E-state index contributed by atoms with van der Waals surface area (Å²) < 4.78 is 7.47. The summed E-state index contributed by atoms with van der Waals surface area (Å²) in [5.74, 6) is 0. The zero-order valence-electron chi connectivity index (χ0n) is 21.5. The summed E-state index contributed by atoms with van der Waals surface area (Å²) in [6.45, 7) is 15.1. The summed E-state index contributed by atoms with van der Waals surface area (Å²) >= 11 is 0. The molecular weight excluding hydrogens is 390 g/mol. The summed E-state index contributed by atoms with van der Waals surface area (Å²) in [6.07, 6.45) is 24.9. The van der Waals surface area contributed by atoms with Gasteiger partial charge in [0.25, 0.3) is 0 Å². The van der Waals surface area contributed by atoms with Crippen LogP contribution in [0.1, 0.15) is 143 Å². The van der Waals surface area contributed by atoms with Crippen molar-refractivity contribution in [1.29, 1.82) is 0 Å². The van der Waals surface area contributed by atoms with Gasteiger partial charge < -0.3 is 21.6 Å². The molecular formula is C27H58ClNO. The van der Waals surface area contributed by atoms with Gasteiger partial charge in [-0.25, -0.2) is 0 Å². The maximum atomic E-state index is 6.25. The zero-order chi connectivity index (χ0) is 21.5. The van der Waals surface area contributed by atoms with E-state index in [2.05, 4.69) is 27.7 Å². The van der Waals surface area contributed by atoms with Gasteiger partial charge in [0.05, 0.1) is 26.2 Å². The third kappa shape index (κ3) is 20.1. The van der Waals surface area contributed by atoms with Gasteiger partial charge in [0, 0.05) is 0 Å². The molecule has 0 unspecified atom stereocenters. The molecule has 0 aliphatic heterocycles. The highest BCUT2D eigenvalue weighted by Gasteiger charge is 2.25. The minimum Gasteiger partial charge on any atom is -1.00 e. The second-order valence-corrected chi connectivity index (χ2v) is 9.50. The Morgan fingerprint density at radius 2 is 0.767 bits per heavy atom. The largest absolute Gasteiger partial charge is 1.00 e.